The molecular weight excluding hydrogens is 258 g/mol. The van der Waals surface area contributed by atoms with Gasteiger partial charge in [0, 0.05) is 30.6 Å². The lowest BCUT2D eigenvalue weighted by atomic mass is 10.1. The highest BCUT2D eigenvalue weighted by atomic mass is 16.5. The quantitative estimate of drug-likeness (QED) is 0.697. The number of benzene rings is 3. The van der Waals surface area contributed by atoms with Gasteiger partial charge < -0.3 is 9.64 Å². The lowest BCUT2D eigenvalue weighted by molar-refractivity contribution is 0.310. The van der Waals surface area contributed by atoms with Crippen molar-refractivity contribution in [2.24, 2.45) is 0 Å². The fourth-order valence-electron chi connectivity index (χ4n) is 2.52. The van der Waals surface area contributed by atoms with E-state index in [2.05, 4.69) is 61.5 Å². The Balaban J connectivity index is 1.94. The van der Waals surface area contributed by atoms with Gasteiger partial charge in [0.25, 0.3) is 0 Å². The van der Waals surface area contributed by atoms with Crippen LogP contribution < -0.4 is 9.64 Å². The number of nitrogens with zero attached hydrogens (tertiary/aromatic N) is 1. The molecule has 0 amide bonds. The molecule has 21 heavy (non-hydrogen) atoms. The summed E-state index contributed by atoms with van der Waals surface area (Å²) in [7, 11) is 4.12. The Morgan fingerprint density at radius 2 is 1.48 bits per heavy atom. The van der Waals surface area contributed by atoms with E-state index in [0.29, 0.717) is 6.61 Å². The van der Waals surface area contributed by atoms with Gasteiger partial charge in [-0.1, -0.05) is 54.6 Å². The van der Waals surface area contributed by atoms with Gasteiger partial charge in [0.05, 0.1) is 0 Å². The van der Waals surface area contributed by atoms with E-state index >= 15 is 0 Å². The monoisotopic (exact) mass is 277 g/mol. The Morgan fingerprint density at radius 3 is 2.24 bits per heavy atom. The maximum atomic E-state index is 6.02. The molecule has 3 aromatic carbocycles. The first-order valence-corrected chi connectivity index (χ1v) is 7.11. The largest absolute Gasteiger partial charge is 0.488 e. The zero-order chi connectivity index (χ0) is 14.7. The summed E-state index contributed by atoms with van der Waals surface area (Å²) in [6, 6.07) is 22.8. The summed E-state index contributed by atoms with van der Waals surface area (Å²) in [6.07, 6.45) is 0. The van der Waals surface area contributed by atoms with Crippen LogP contribution in [-0.4, -0.2) is 14.1 Å². The second-order valence-corrected chi connectivity index (χ2v) is 5.30. The van der Waals surface area contributed by atoms with Crippen molar-refractivity contribution in [2.45, 2.75) is 6.61 Å². The summed E-state index contributed by atoms with van der Waals surface area (Å²) in [5.41, 5.74) is 2.39. The molecule has 0 unspecified atom stereocenters. The van der Waals surface area contributed by atoms with Crippen LogP contribution in [0.5, 0.6) is 5.75 Å². The molecule has 0 atom stereocenters. The number of hydrogen-bond donors (Lipinski definition) is 0. The average Bonchev–Trinajstić information content (AvgIpc) is 2.53. The zero-order valence-electron chi connectivity index (χ0n) is 12.4. The van der Waals surface area contributed by atoms with E-state index in [1.165, 1.54) is 16.6 Å². The maximum Gasteiger partial charge on any atom is 0.127 e. The van der Waals surface area contributed by atoms with Crippen molar-refractivity contribution in [3.8, 4) is 5.75 Å². The lowest BCUT2D eigenvalue weighted by Crippen LogP contribution is -2.09. The molecule has 0 aromatic heterocycles. The van der Waals surface area contributed by atoms with Crippen LogP contribution in [0.25, 0.3) is 10.8 Å². The second-order valence-electron chi connectivity index (χ2n) is 5.30. The van der Waals surface area contributed by atoms with Gasteiger partial charge in [-0.2, -0.15) is 0 Å². The van der Waals surface area contributed by atoms with E-state index in [1.807, 2.05) is 24.3 Å². The Hall–Kier alpha value is -2.48. The fourth-order valence-corrected chi connectivity index (χ4v) is 2.52. The smallest absolute Gasteiger partial charge is 0.127 e. The molecule has 0 aliphatic carbocycles. The molecule has 3 rings (SSSR count). The molecule has 0 N–H and O–H groups in total. The van der Waals surface area contributed by atoms with Crippen molar-refractivity contribution in [1.29, 1.82) is 0 Å². The van der Waals surface area contributed by atoms with Crippen molar-refractivity contribution in [3.63, 3.8) is 0 Å². The van der Waals surface area contributed by atoms with Gasteiger partial charge in [0.2, 0.25) is 0 Å². The molecule has 0 aliphatic heterocycles. The third-order valence-corrected chi connectivity index (χ3v) is 3.58. The summed E-state index contributed by atoms with van der Waals surface area (Å²) < 4.78 is 6.02. The second kappa shape index (κ2) is 5.88. The highest BCUT2D eigenvalue weighted by molar-refractivity contribution is 5.97. The summed E-state index contributed by atoms with van der Waals surface area (Å²) in [6.45, 7) is 0.589. The van der Waals surface area contributed by atoms with Crippen molar-refractivity contribution in [3.05, 3.63) is 72.3 Å². The summed E-state index contributed by atoms with van der Waals surface area (Å²) in [5.74, 6) is 0.931. The van der Waals surface area contributed by atoms with Gasteiger partial charge >= 0.3 is 0 Å². The van der Waals surface area contributed by atoms with Gasteiger partial charge in [-0.3, -0.25) is 0 Å². The van der Waals surface area contributed by atoms with Crippen molar-refractivity contribution < 1.29 is 4.74 Å². The van der Waals surface area contributed by atoms with Crippen molar-refractivity contribution in [2.75, 3.05) is 19.0 Å². The first kappa shape index (κ1) is 13.5. The normalized spacial score (nSPS) is 10.6. The van der Waals surface area contributed by atoms with Crippen LogP contribution in [-0.2, 0) is 6.61 Å². The first-order valence-electron chi connectivity index (χ1n) is 7.11. The molecule has 2 heteroatoms. The molecule has 0 heterocycles. The maximum absolute atomic E-state index is 6.02. The molecule has 0 fully saturated rings. The molecule has 3 aromatic rings. The Bertz CT molecular complexity index is 735. The Kier molecular flexibility index (Phi) is 3.78. The molecule has 0 saturated heterocycles. The predicted octanol–water partition coefficient (Wildman–Crippen LogP) is 4.48. The average molecular weight is 277 g/mol. The van der Waals surface area contributed by atoms with Crippen LogP contribution in [0.15, 0.2) is 66.7 Å². The van der Waals surface area contributed by atoms with Crippen LogP contribution >= 0.6 is 0 Å². The van der Waals surface area contributed by atoms with E-state index in [1.54, 1.807) is 0 Å². The molecule has 0 spiro atoms. The van der Waals surface area contributed by atoms with Gasteiger partial charge in [-0.05, 0) is 17.7 Å². The molecular formula is C19H19NO. The van der Waals surface area contributed by atoms with Crippen LogP contribution in [0.2, 0.25) is 0 Å². The van der Waals surface area contributed by atoms with E-state index in [-0.39, 0.29) is 0 Å². The van der Waals surface area contributed by atoms with E-state index in [4.69, 9.17) is 4.74 Å². The molecule has 0 saturated carbocycles. The number of anilines is 1. The fraction of sp³-hybridized carbons (Fsp3) is 0.158. The standard InChI is InChI=1S/C19H19NO/c1-20(2)18-12-6-11-17-16(18)10-7-13-19(17)21-14-15-8-4-3-5-9-15/h3-13H,14H2,1-2H3. The van der Waals surface area contributed by atoms with E-state index in [9.17, 15) is 0 Å². The Morgan fingerprint density at radius 1 is 0.762 bits per heavy atom. The first-order chi connectivity index (χ1) is 10.3. The van der Waals surface area contributed by atoms with E-state index in [0.717, 1.165) is 11.1 Å². The molecule has 0 radical (unpaired) electrons. The van der Waals surface area contributed by atoms with Gasteiger partial charge in [0.15, 0.2) is 0 Å². The molecule has 0 bridgehead atoms. The minimum atomic E-state index is 0.589. The minimum Gasteiger partial charge on any atom is -0.488 e. The molecule has 106 valence electrons. The van der Waals surface area contributed by atoms with Crippen LogP contribution in [0, 0.1) is 0 Å². The van der Waals surface area contributed by atoms with Crippen LogP contribution in [0.4, 0.5) is 5.69 Å². The van der Waals surface area contributed by atoms with Crippen molar-refractivity contribution >= 4 is 16.5 Å². The molecule has 2 nitrogen and oxygen atoms in total. The van der Waals surface area contributed by atoms with Gasteiger partial charge in [-0.15, -0.1) is 0 Å². The van der Waals surface area contributed by atoms with Gasteiger partial charge in [-0.25, -0.2) is 0 Å². The number of hydrogen-bond acceptors (Lipinski definition) is 2. The topological polar surface area (TPSA) is 12.5 Å². The Labute approximate surface area is 125 Å². The van der Waals surface area contributed by atoms with Crippen LogP contribution in [0.1, 0.15) is 5.56 Å². The summed E-state index contributed by atoms with van der Waals surface area (Å²) in [4.78, 5) is 2.13. The number of fused-ring (bicyclic) bond motifs is 1. The van der Waals surface area contributed by atoms with Gasteiger partial charge in [0.1, 0.15) is 12.4 Å². The predicted molar refractivity (Wildman–Crippen MR) is 89.0 cm³/mol. The minimum absolute atomic E-state index is 0.589. The lowest BCUT2D eigenvalue weighted by Gasteiger charge is -2.17. The third-order valence-electron chi connectivity index (χ3n) is 3.58. The SMILES string of the molecule is CN(C)c1cccc2c(OCc3ccccc3)cccc12. The van der Waals surface area contributed by atoms with Crippen molar-refractivity contribution in [1.82, 2.24) is 0 Å². The number of rotatable bonds is 4. The summed E-state index contributed by atoms with van der Waals surface area (Å²) in [5, 5.41) is 2.37. The highest BCUT2D eigenvalue weighted by Crippen LogP contribution is 2.32. The van der Waals surface area contributed by atoms with Crippen LogP contribution in [0.3, 0.4) is 0 Å². The molecule has 0 aliphatic rings. The highest BCUT2D eigenvalue weighted by Gasteiger charge is 2.07. The summed E-state index contributed by atoms with van der Waals surface area (Å²) >= 11 is 0. The van der Waals surface area contributed by atoms with E-state index < -0.39 is 0 Å². The third kappa shape index (κ3) is 2.84. The zero-order valence-corrected chi connectivity index (χ0v) is 12.4. The number of ether oxygens (including phenoxy) is 1.